The number of unbranched alkanes of at least 4 members (excludes halogenated alkanes) is 5. The maximum atomic E-state index is 11.4. The molecule has 0 amide bonds. The topological polar surface area (TPSA) is 65.1 Å². The number of nitrogens with zero attached hydrogens (tertiary/aromatic N) is 1. The molecule has 0 radical (unpaired) electrons. The number of ether oxygens (including phenoxy) is 3. The van der Waals surface area contributed by atoms with Gasteiger partial charge in [-0.1, -0.05) is 25.7 Å². The first-order valence-electron chi connectivity index (χ1n) is 10.1. The normalized spacial score (nSPS) is 16.5. The van der Waals surface area contributed by atoms with Crippen LogP contribution in [0.5, 0.6) is 0 Å². The molecule has 0 spiro atoms. The minimum absolute atomic E-state index is 0.0172. The van der Waals surface area contributed by atoms with Crippen LogP contribution in [0, 0.1) is 0 Å². The van der Waals surface area contributed by atoms with E-state index in [1.807, 2.05) is 13.8 Å². The lowest BCUT2D eigenvalue weighted by Gasteiger charge is -2.30. The van der Waals surface area contributed by atoms with E-state index in [1.54, 1.807) is 0 Å². The first kappa shape index (κ1) is 22.9. The summed E-state index contributed by atoms with van der Waals surface area (Å²) in [6.07, 6.45) is 7.85. The third-order valence-corrected chi connectivity index (χ3v) is 4.42. The van der Waals surface area contributed by atoms with E-state index < -0.39 is 0 Å². The largest absolute Gasteiger partial charge is 0.463 e. The van der Waals surface area contributed by atoms with E-state index >= 15 is 0 Å². The van der Waals surface area contributed by atoms with Crippen LogP contribution in [0.25, 0.3) is 0 Å². The minimum Gasteiger partial charge on any atom is -0.463 e. The van der Waals surface area contributed by atoms with Gasteiger partial charge in [0.1, 0.15) is 6.10 Å². The Hall–Kier alpha value is -1.14. The maximum Gasteiger partial charge on any atom is 0.306 e. The van der Waals surface area contributed by atoms with Gasteiger partial charge in [0.2, 0.25) is 0 Å². The van der Waals surface area contributed by atoms with Gasteiger partial charge in [0.25, 0.3) is 0 Å². The summed E-state index contributed by atoms with van der Waals surface area (Å²) in [5.41, 5.74) is 0. The molecule has 1 unspecified atom stereocenters. The number of carbonyl (C=O) groups is 2. The van der Waals surface area contributed by atoms with E-state index in [1.165, 1.54) is 6.92 Å². The lowest BCUT2D eigenvalue weighted by Crippen LogP contribution is -2.42. The average Bonchev–Trinajstić information content (AvgIpc) is 2.56. The fourth-order valence-electron chi connectivity index (χ4n) is 3.16. The van der Waals surface area contributed by atoms with Crippen LogP contribution in [-0.2, 0) is 23.8 Å². The van der Waals surface area contributed by atoms with Crippen molar-refractivity contribution in [3.05, 3.63) is 0 Å². The lowest BCUT2D eigenvalue weighted by atomic mass is 10.1. The van der Waals surface area contributed by atoms with Gasteiger partial charge >= 0.3 is 11.9 Å². The summed E-state index contributed by atoms with van der Waals surface area (Å²) >= 11 is 0. The van der Waals surface area contributed by atoms with Crippen molar-refractivity contribution in [2.45, 2.75) is 84.3 Å². The highest BCUT2D eigenvalue weighted by Crippen LogP contribution is 2.13. The van der Waals surface area contributed by atoms with E-state index in [4.69, 9.17) is 14.2 Å². The molecule has 1 rings (SSSR count). The van der Waals surface area contributed by atoms with Crippen molar-refractivity contribution in [2.24, 2.45) is 0 Å². The average molecular weight is 372 g/mol. The fourth-order valence-corrected chi connectivity index (χ4v) is 3.16. The number of rotatable bonds is 13. The Morgan fingerprint density at radius 3 is 2.19 bits per heavy atom. The third kappa shape index (κ3) is 12.3. The van der Waals surface area contributed by atoms with Crippen LogP contribution >= 0.6 is 0 Å². The molecule has 0 saturated carbocycles. The van der Waals surface area contributed by atoms with Crippen molar-refractivity contribution in [1.82, 2.24) is 4.90 Å². The molecule has 0 aromatic rings. The van der Waals surface area contributed by atoms with Crippen LogP contribution in [-0.4, -0.2) is 61.9 Å². The van der Waals surface area contributed by atoms with Gasteiger partial charge in [0, 0.05) is 33.0 Å². The van der Waals surface area contributed by atoms with Crippen LogP contribution in [0.2, 0.25) is 0 Å². The first-order valence-corrected chi connectivity index (χ1v) is 10.1. The Morgan fingerprint density at radius 1 is 0.962 bits per heavy atom. The molecule has 1 fully saturated rings. The molecule has 0 aromatic carbocycles. The number of esters is 2. The SMILES string of the molecule is CC(=O)OC(CCCCCCCCC(=O)OC(C)C)CN1CCOCC1. The summed E-state index contributed by atoms with van der Waals surface area (Å²) in [4.78, 5) is 25.1. The van der Waals surface area contributed by atoms with Crippen molar-refractivity contribution in [3.8, 4) is 0 Å². The highest BCUT2D eigenvalue weighted by molar-refractivity contribution is 5.69. The van der Waals surface area contributed by atoms with Crippen LogP contribution < -0.4 is 0 Å². The molecular weight excluding hydrogens is 334 g/mol. The van der Waals surface area contributed by atoms with Gasteiger partial charge in [-0.05, 0) is 33.1 Å². The van der Waals surface area contributed by atoms with Gasteiger partial charge in [-0.25, -0.2) is 0 Å². The molecule has 1 aliphatic rings. The molecule has 6 nitrogen and oxygen atoms in total. The van der Waals surface area contributed by atoms with Gasteiger partial charge in [0.05, 0.1) is 19.3 Å². The van der Waals surface area contributed by atoms with Gasteiger partial charge in [-0.2, -0.15) is 0 Å². The standard InChI is InChI=1S/C20H37NO5/c1-17(2)25-20(23)11-9-7-5-4-6-8-10-19(26-18(3)22)16-21-12-14-24-15-13-21/h17,19H,4-16H2,1-3H3. The smallest absolute Gasteiger partial charge is 0.306 e. The van der Waals surface area contributed by atoms with Crippen molar-refractivity contribution in [1.29, 1.82) is 0 Å². The number of morpholine rings is 1. The van der Waals surface area contributed by atoms with Crippen LogP contribution in [0.1, 0.15) is 72.1 Å². The second-order valence-electron chi connectivity index (χ2n) is 7.34. The predicted molar refractivity (Wildman–Crippen MR) is 101 cm³/mol. The van der Waals surface area contributed by atoms with Crippen LogP contribution in [0.4, 0.5) is 0 Å². The van der Waals surface area contributed by atoms with Gasteiger partial charge in [-0.3, -0.25) is 14.5 Å². The number of carbonyl (C=O) groups excluding carboxylic acids is 2. The molecule has 1 atom stereocenters. The number of hydrogen-bond acceptors (Lipinski definition) is 6. The molecule has 0 aromatic heterocycles. The van der Waals surface area contributed by atoms with E-state index in [9.17, 15) is 9.59 Å². The van der Waals surface area contributed by atoms with E-state index in [0.717, 1.165) is 77.8 Å². The zero-order valence-corrected chi connectivity index (χ0v) is 16.8. The van der Waals surface area contributed by atoms with Gasteiger partial charge in [-0.15, -0.1) is 0 Å². The zero-order chi connectivity index (χ0) is 19.2. The molecule has 1 saturated heterocycles. The summed E-state index contributed by atoms with van der Waals surface area (Å²) in [5.74, 6) is -0.288. The third-order valence-electron chi connectivity index (χ3n) is 4.42. The van der Waals surface area contributed by atoms with E-state index in [0.29, 0.717) is 6.42 Å². The summed E-state index contributed by atoms with van der Waals surface area (Å²) in [5, 5.41) is 0. The Kier molecular flexibility index (Phi) is 12.3. The molecule has 1 aliphatic heterocycles. The summed E-state index contributed by atoms with van der Waals surface area (Å²) < 4.78 is 16.0. The van der Waals surface area contributed by atoms with Gasteiger partial charge in [0.15, 0.2) is 0 Å². The van der Waals surface area contributed by atoms with Crippen molar-refractivity contribution in [2.75, 3.05) is 32.8 Å². The Balaban J connectivity index is 2.06. The van der Waals surface area contributed by atoms with Crippen molar-refractivity contribution >= 4 is 11.9 Å². The first-order chi connectivity index (χ1) is 12.5. The molecule has 0 N–H and O–H groups in total. The van der Waals surface area contributed by atoms with E-state index in [-0.39, 0.29) is 24.1 Å². The minimum atomic E-state index is -0.198. The quantitative estimate of drug-likeness (QED) is 0.365. The molecule has 6 heteroatoms. The number of hydrogen-bond donors (Lipinski definition) is 0. The van der Waals surface area contributed by atoms with E-state index in [2.05, 4.69) is 4.90 Å². The Bertz CT molecular complexity index is 394. The summed E-state index contributed by atoms with van der Waals surface area (Å²) in [6.45, 7) is 9.39. The molecule has 26 heavy (non-hydrogen) atoms. The van der Waals surface area contributed by atoms with Crippen LogP contribution in [0.3, 0.4) is 0 Å². The molecular formula is C20H37NO5. The molecule has 1 heterocycles. The summed E-state index contributed by atoms with van der Waals surface area (Å²) in [6, 6.07) is 0. The van der Waals surface area contributed by atoms with Crippen molar-refractivity contribution in [3.63, 3.8) is 0 Å². The summed E-state index contributed by atoms with van der Waals surface area (Å²) in [7, 11) is 0. The highest BCUT2D eigenvalue weighted by Gasteiger charge is 2.18. The predicted octanol–water partition coefficient (Wildman–Crippen LogP) is 3.32. The molecule has 0 aliphatic carbocycles. The Morgan fingerprint density at radius 2 is 1.58 bits per heavy atom. The van der Waals surface area contributed by atoms with Crippen LogP contribution in [0.15, 0.2) is 0 Å². The second-order valence-corrected chi connectivity index (χ2v) is 7.34. The monoisotopic (exact) mass is 371 g/mol. The maximum absolute atomic E-state index is 11.4. The van der Waals surface area contributed by atoms with Crippen molar-refractivity contribution < 1.29 is 23.8 Å². The lowest BCUT2D eigenvalue weighted by molar-refractivity contribution is -0.149. The Labute approximate surface area is 158 Å². The fraction of sp³-hybridized carbons (Fsp3) is 0.900. The van der Waals surface area contributed by atoms with Gasteiger partial charge < -0.3 is 14.2 Å². The zero-order valence-electron chi connectivity index (χ0n) is 16.8. The second kappa shape index (κ2) is 14.0. The molecule has 152 valence electrons. The molecule has 0 bridgehead atoms. The highest BCUT2D eigenvalue weighted by atomic mass is 16.5.